The Morgan fingerprint density at radius 1 is 1.44 bits per heavy atom. The summed E-state index contributed by atoms with van der Waals surface area (Å²) >= 11 is 1.51. The molecule has 0 aromatic carbocycles. The lowest BCUT2D eigenvalue weighted by Crippen LogP contribution is -2.39. The first-order valence-electron chi connectivity index (χ1n) is 6.35. The average Bonchev–Trinajstić information content (AvgIpc) is 2.79. The monoisotopic (exact) mass is 263 g/mol. The second-order valence-electron chi connectivity index (χ2n) is 4.72. The molecule has 0 radical (unpaired) electrons. The highest BCUT2D eigenvalue weighted by Crippen LogP contribution is 2.34. The Hall–Kier alpha value is -1.41. The van der Waals surface area contributed by atoms with Gasteiger partial charge in [-0.25, -0.2) is 4.98 Å². The van der Waals surface area contributed by atoms with Crippen LogP contribution in [0.1, 0.15) is 43.5 Å². The summed E-state index contributed by atoms with van der Waals surface area (Å²) in [5, 5.41) is 15.0. The molecule has 1 aromatic rings. The highest BCUT2D eigenvalue weighted by atomic mass is 32.1. The van der Waals surface area contributed by atoms with Crippen molar-refractivity contribution in [2.75, 3.05) is 0 Å². The molecule has 1 amide bonds. The highest BCUT2D eigenvalue weighted by molar-refractivity contribution is 7.09. The summed E-state index contributed by atoms with van der Waals surface area (Å²) in [6.45, 7) is 0.430. The van der Waals surface area contributed by atoms with Gasteiger partial charge in [0, 0.05) is 11.6 Å². The number of nitrogens with zero attached hydrogens (tertiary/aromatic N) is 2. The fourth-order valence-electron chi connectivity index (χ4n) is 2.39. The van der Waals surface area contributed by atoms with Gasteiger partial charge in [0.25, 0.3) is 0 Å². The molecule has 1 aliphatic rings. The van der Waals surface area contributed by atoms with E-state index < -0.39 is 5.41 Å². The number of nitriles is 1. The molecule has 0 aliphatic heterocycles. The van der Waals surface area contributed by atoms with E-state index in [1.807, 2.05) is 5.38 Å². The number of carbonyl (C=O) groups is 1. The molecule has 96 valence electrons. The molecule has 0 unspecified atom stereocenters. The standard InChI is InChI=1S/C13H17N3OS/c14-10-13(5-3-1-2-4-6-13)12(17)16-9-11-15-7-8-18-11/h7-8H,1-6,9H2,(H,16,17). The van der Waals surface area contributed by atoms with Crippen molar-refractivity contribution in [1.82, 2.24) is 10.3 Å². The number of hydrogen-bond acceptors (Lipinski definition) is 4. The van der Waals surface area contributed by atoms with Crippen molar-refractivity contribution in [3.05, 3.63) is 16.6 Å². The van der Waals surface area contributed by atoms with Crippen LogP contribution in [0.4, 0.5) is 0 Å². The molecule has 0 bridgehead atoms. The summed E-state index contributed by atoms with van der Waals surface area (Å²) in [6.07, 6.45) is 7.29. The number of amides is 1. The molecular formula is C13H17N3OS. The Kier molecular flexibility index (Phi) is 4.32. The molecule has 5 heteroatoms. The largest absolute Gasteiger partial charge is 0.348 e. The van der Waals surface area contributed by atoms with Crippen molar-refractivity contribution < 1.29 is 4.79 Å². The van der Waals surface area contributed by atoms with Crippen LogP contribution in [0.25, 0.3) is 0 Å². The van der Waals surface area contributed by atoms with Crippen LogP contribution >= 0.6 is 11.3 Å². The van der Waals surface area contributed by atoms with Gasteiger partial charge < -0.3 is 5.32 Å². The number of carbonyl (C=O) groups excluding carboxylic acids is 1. The second-order valence-corrected chi connectivity index (χ2v) is 5.70. The summed E-state index contributed by atoms with van der Waals surface area (Å²) in [5.41, 5.74) is -0.812. The molecule has 1 aliphatic carbocycles. The van der Waals surface area contributed by atoms with Gasteiger partial charge in [-0.15, -0.1) is 11.3 Å². The van der Waals surface area contributed by atoms with Crippen LogP contribution in [-0.4, -0.2) is 10.9 Å². The van der Waals surface area contributed by atoms with Crippen molar-refractivity contribution in [2.24, 2.45) is 5.41 Å². The topological polar surface area (TPSA) is 65.8 Å². The van der Waals surface area contributed by atoms with Crippen molar-refractivity contribution in [1.29, 1.82) is 5.26 Å². The molecular weight excluding hydrogens is 246 g/mol. The van der Waals surface area contributed by atoms with Gasteiger partial charge in [-0.3, -0.25) is 4.79 Å². The fraction of sp³-hybridized carbons (Fsp3) is 0.615. The first-order valence-corrected chi connectivity index (χ1v) is 7.23. The van der Waals surface area contributed by atoms with Gasteiger partial charge in [0.1, 0.15) is 10.4 Å². The quantitative estimate of drug-likeness (QED) is 0.852. The maximum absolute atomic E-state index is 12.2. The zero-order chi connectivity index (χ0) is 12.8. The first-order chi connectivity index (χ1) is 8.77. The lowest BCUT2D eigenvalue weighted by molar-refractivity contribution is -0.129. The van der Waals surface area contributed by atoms with Gasteiger partial charge in [0.2, 0.25) is 5.91 Å². The third kappa shape index (κ3) is 2.88. The molecule has 0 saturated heterocycles. The minimum atomic E-state index is -0.812. The summed E-state index contributed by atoms with van der Waals surface area (Å²) in [4.78, 5) is 16.4. The normalized spacial score (nSPS) is 18.6. The van der Waals surface area contributed by atoms with Crippen LogP contribution in [0, 0.1) is 16.7 Å². The van der Waals surface area contributed by atoms with Gasteiger partial charge >= 0.3 is 0 Å². The van der Waals surface area contributed by atoms with Crippen molar-refractivity contribution in [3.63, 3.8) is 0 Å². The minimum Gasteiger partial charge on any atom is -0.348 e. The zero-order valence-corrected chi connectivity index (χ0v) is 11.1. The van der Waals surface area contributed by atoms with Crippen molar-refractivity contribution in [3.8, 4) is 6.07 Å². The number of aromatic nitrogens is 1. The highest BCUT2D eigenvalue weighted by Gasteiger charge is 2.38. The summed E-state index contributed by atoms with van der Waals surface area (Å²) in [7, 11) is 0. The summed E-state index contributed by atoms with van der Waals surface area (Å²) < 4.78 is 0. The van der Waals surface area contributed by atoms with E-state index in [9.17, 15) is 10.1 Å². The Morgan fingerprint density at radius 2 is 2.17 bits per heavy atom. The van der Waals surface area contributed by atoms with E-state index in [4.69, 9.17) is 0 Å². The van der Waals surface area contributed by atoms with E-state index in [2.05, 4.69) is 16.4 Å². The molecule has 1 aromatic heterocycles. The van der Waals surface area contributed by atoms with Crippen molar-refractivity contribution in [2.45, 2.75) is 45.1 Å². The fourth-order valence-corrected chi connectivity index (χ4v) is 2.94. The van der Waals surface area contributed by atoms with Gasteiger partial charge in [-0.05, 0) is 12.8 Å². The third-order valence-corrected chi connectivity index (χ3v) is 4.27. The lowest BCUT2D eigenvalue weighted by Gasteiger charge is -2.23. The summed E-state index contributed by atoms with van der Waals surface area (Å²) in [6, 6.07) is 2.26. The summed E-state index contributed by atoms with van der Waals surface area (Å²) in [5.74, 6) is -0.123. The minimum absolute atomic E-state index is 0.123. The molecule has 18 heavy (non-hydrogen) atoms. The van der Waals surface area contributed by atoms with Gasteiger partial charge in [0.15, 0.2) is 0 Å². The van der Waals surface area contributed by atoms with E-state index in [0.29, 0.717) is 19.4 Å². The lowest BCUT2D eigenvalue weighted by atomic mass is 9.81. The van der Waals surface area contributed by atoms with E-state index >= 15 is 0 Å². The Morgan fingerprint density at radius 3 is 2.72 bits per heavy atom. The smallest absolute Gasteiger partial charge is 0.240 e. The maximum Gasteiger partial charge on any atom is 0.240 e. The van der Waals surface area contributed by atoms with E-state index in [0.717, 1.165) is 30.7 Å². The molecule has 1 fully saturated rings. The number of thiazole rings is 1. The average molecular weight is 263 g/mol. The van der Waals surface area contributed by atoms with Gasteiger partial charge in [0.05, 0.1) is 12.6 Å². The molecule has 1 heterocycles. The Labute approximate surface area is 111 Å². The van der Waals surface area contributed by atoms with Crippen LogP contribution in [0.3, 0.4) is 0 Å². The van der Waals surface area contributed by atoms with E-state index in [1.54, 1.807) is 6.20 Å². The van der Waals surface area contributed by atoms with Crippen LogP contribution in [-0.2, 0) is 11.3 Å². The number of nitrogens with one attached hydrogen (secondary N) is 1. The second kappa shape index (κ2) is 5.96. The predicted octanol–water partition coefficient (Wildman–Crippen LogP) is 2.62. The van der Waals surface area contributed by atoms with Crippen LogP contribution in [0.5, 0.6) is 0 Å². The number of rotatable bonds is 3. The first kappa shape index (κ1) is 13.0. The van der Waals surface area contributed by atoms with Crippen molar-refractivity contribution >= 4 is 17.2 Å². The van der Waals surface area contributed by atoms with Crippen LogP contribution < -0.4 is 5.32 Å². The molecule has 1 N–H and O–H groups in total. The molecule has 0 atom stereocenters. The predicted molar refractivity (Wildman–Crippen MR) is 69.7 cm³/mol. The third-order valence-electron chi connectivity index (χ3n) is 3.49. The van der Waals surface area contributed by atoms with Gasteiger partial charge in [-0.2, -0.15) is 5.26 Å². The molecule has 0 spiro atoms. The Bertz CT molecular complexity index is 428. The number of hydrogen-bond donors (Lipinski definition) is 1. The van der Waals surface area contributed by atoms with E-state index in [1.165, 1.54) is 11.3 Å². The van der Waals surface area contributed by atoms with Gasteiger partial charge in [-0.1, -0.05) is 25.7 Å². The SMILES string of the molecule is N#CC1(C(=O)NCc2nccs2)CCCCCC1. The zero-order valence-electron chi connectivity index (χ0n) is 10.3. The Balaban J connectivity index is 1.98. The van der Waals surface area contributed by atoms with Crippen LogP contribution in [0.15, 0.2) is 11.6 Å². The molecule has 4 nitrogen and oxygen atoms in total. The maximum atomic E-state index is 12.2. The molecule has 2 rings (SSSR count). The van der Waals surface area contributed by atoms with E-state index in [-0.39, 0.29) is 5.91 Å². The molecule has 1 saturated carbocycles. The van der Waals surface area contributed by atoms with Crippen LogP contribution in [0.2, 0.25) is 0 Å².